The number of nitrogens with zero attached hydrogens (tertiary/aromatic N) is 1. The molecule has 1 fully saturated rings. The lowest BCUT2D eigenvalue weighted by Gasteiger charge is -2.35. The molecule has 1 saturated heterocycles. The highest BCUT2D eigenvalue weighted by atomic mass is 16.5. The molecule has 0 N–H and O–H groups in total. The molecule has 0 saturated carbocycles. The normalized spacial score (nSPS) is 22.7. The van der Waals surface area contributed by atoms with Gasteiger partial charge < -0.3 is 4.74 Å². The summed E-state index contributed by atoms with van der Waals surface area (Å²) in [7, 11) is 0. The third-order valence-corrected chi connectivity index (χ3v) is 4.22. The molecule has 1 rings (SSSR count). The largest absolute Gasteiger partial charge is 0.368 e. The van der Waals surface area contributed by atoms with Gasteiger partial charge in [0, 0.05) is 25.6 Å². The molecule has 1 aliphatic rings. The van der Waals surface area contributed by atoms with E-state index in [1.54, 1.807) is 0 Å². The molecule has 0 aromatic rings. The maximum atomic E-state index is 12.3. The Morgan fingerprint density at radius 1 is 1.37 bits per heavy atom. The maximum Gasteiger partial charge on any atom is 0.163 e. The second-order valence-corrected chi connectivity index (χ2v) is 6.04. The first-order valence-electron chi connectivity index (χ1n) is 7.96. The summed E-state index contributed by atoms with van der Waals surface area (Å²) in [5, 5.41) is 0. The fraction of sp³-hybridized carbons (Fsp3) is 0.938. The van der Waals surface area contributed by atoms with Gasteiger partial charge in [-0.3, -0.25) is 9.69 Å². The van der Waals surface area contributed by atoms with E-state index in [9.17, 15) is 4.79 Å². The van der Waals surface area contributed by atoms with Crippen LogP contribution in [0.5, 0.6) is 0 Å². The minimum atomic E-state index is -0.188. The third-order valence-electron chi connectivity index (χ3n) is 4.22. The van der Waals surface area contributed by atoms with Crippen LogP contribution in [0.4, 0.5) is 0 Å². The molecule has 1 aliphatic heterocycles. The molecule has 3 nitrogen and oxygen atoms in total. The molecule has 0 spiro atoms. The van der Waals surface area contributed by atoms with Gasteiger partial charge in [-0.05, 0) is 19.8 Å². The van der Waals surface area contributed by atoms with Gasteiger partial charge in [0.2, 0.25) is 0 Å². The summed E-state index contributed by atoms with van der Waals surface area (Å²) in [6.45, 7) is 11.2. The van der Waals surface area contributed by atoms with Crippen molar-refractivity contribution in [2.24, 2.45) is 5.92 Å². The zero-order valence-electron chi connectivity index (χ0n) is 13.2. The van der Waals surface area contributed by atoms with Crippen LogP contribution in [0.1, 0.15) is 59.8 Å². The molecule has 112 valence electrons. The zero-order valence-corrected chi connectivity index (χ0v) is 13.2. The molecule has 3 heteroatoms. The summed E-state index contributed by atoms with van der Waals surface area (Å²) in [4.78, 5) is 14.7. The molecule has 2 atom stereocenters. The maximum absolute atomic E-state index is 12.3. The summed E-state index contributed by atoms with van der Waals surface area (Å²) in [5.74, 6) is 0.860. The molecular formula is C16H31NO2. The van der Waals surface area contributed by atoms with Crippen molar-refractivity contribution < 1.29 is 9.53 Å². The van der Waals surface area contributed by atoms with Gasteiger partial charge in [-0.1, -0.05) is 39.5 Å². The first-order chi connectivity index (χ1) is 9.08. The van der Waals surface area contributed by atoms with Crippen LogP contribution >= 0.6 is 0 Å². The van der Waals surface area contributed by atoms with Gasteiger partial charge in [-0.15, -0.1) is 0 Å². The number of Topliss-reactive ketones (excluding diaryl/α,β-unsaturated/α-hetero) is 1. The highest BCUT2D eigenvalue weighted by Crippen LogP contribution is 2.20. The van der Waals surface area contributed by atoms with Gasteiger partial charge in [0.25, 0.3) is 0 Å². The van der Waals surface area contributed by atoms with Crippen LogP contribution in [0.15, 0.2) is 0 Å². The molecule has 19 heavy (non-hydrogen) atoms. The van der Waals surface area contributed by atoms with Gasteiger partial charge >= 0.3 is 0 Å². The van der Waals surface area contributed by atoms with E-state index in [-0.39, 0.29) is 6.10 Å². The fourth-order valence-electron chi connectivity index (χ4n) is 2.69. The van der Waals surface area contributed by atoms with Gasteiger partial charge in [0.1, 0.15) is 6.10 Å². The average molecular weight is 269 g/mol. The number of ketones is 1. The van der Waals surface area contributed by atoms with E-state index in [2.05, 4.69) is 32.6 Å². The summed E-state index contributed by atoms with van der Waals surface area (Å²) in [6.07, 6.45) is 5.24. The van der Waals surface area contributed by atoms with Crippen molar-refractivity contribution in [3.8, 4) is 0 Å². The van der Waals surface area contributed by atoms with Crippen molar-refractivity contribution in [3.63, 3.8) is 0 Å². The lowest BCUT2D eigenvalue weighted by molar-refractivity contribution is -0.138. The third kappa shape index (κ3) is 5.62. The van der Waals surface area contributed by atoms with Crippen LogP contribution in [0.25, 0.3) is 0 Å². The SMILES string of the molecule is CCCCC(CC)CC(=O)C1CN(C(C)C)CCO1. The Hall–Kier alpha value is -0.410. The molecule has 0 radical (unpaired) electrons. The van der Waals surface area contributed by atoms with Crippen molar-refractivity contribution in [3.05, 3.63) is 0 Å². The average Bonchev–Trinajstić information content (AvgIpc) is 2.43. The van der Waals surface area contributed by atoms with E-state index in [0.717, 1.165) is 19.5 Å². The Labute approximate surface area is 118 Å². The number of hydrogen-bond acceptors (Lipinski definition) is 3. The molecular weight excluding hydrogens is 238 g/mol. The fourth-order valence-corrected chi connectivity index (χ4v) is 2.69. The summed E-state index contributed by atoms with van der Waals surface area (Å²) < 4.78 is 5.68. The van der Waals surface area contributed by atoms with Crippen LogP contribution in [0, 0.1) is 5.92 Å². The second-order valence-electron chi connectivity index (χ2n) is 6.04. The summed E-state index contributed by atoms with van der Waals surface area (Å²) in [5.41, 5.74) is 0. The van der Waals surface area contributed by atoms with E-state index in [4.69, 9.17) is 4.74 Å². The molecule has 0 aromatic heterocycles. The Bertz CT molecular complexity index is 265. The van der Waals surface area contributed by atoms with Gasteiger partial charge in [0.15, 0.2) is 5.78 Å². The number of morpholine rings is 1. The standard InChI is InChI=1S/C16H31NO2/c1-5-7-8-14(6-2)11-15(18)16-12-17(13(3)4)9-10-19-16/h13-14,16H,5-12H2,1-4H3. The van der Waals surface area contributed by atoms with Crippen LogP contribution in [0.2, 0.25) is 0 Å². The van der Waals surface area contributed by atoms with Crippen LogP contribution in [-0.2, 0) is 9.53 Å². The van der Waals surface area contributed by atoms with E-state index in [0.29, 0.717) is 30.8 Å². The van der Waals surface area contributed by atoms with Crippen molar-refractivity contribution in [2.45, 2.75) is 71.9 Å². The first-order valence-corrected chi connectivity index (χ1v) is 7.96. The monoisotopic (exact) mass is 269 g/mol. The summed E-state index contributed by atoms with van der Waals surface area (Å²) >= 11 is 0. The second kappa shape index (κ2) is 8.70. The molecule has 0 aromatic carbocycles. The van der Waals surface area contributed by atoms with Crippen molar-refractivity contribution >= 4 is 5.78 Å². The van der Waals surface area contributed by atoms with Gasteiger partial charge in [-0.25, -0.2) is 0 Å². The zero-order chi connectivity index (χ0) is 14.3. The molecule has 2 unspecified atom stereocenters. The Kier molecular flexibility index (Phi) is 7.62. The molecule has 0 bridgehead atoms. The van der Waals surface area contributed by atoms with Gasteiger partial charge in [0.05, 0.1) is 6.61 Å². The highest BCUT2D eigenvalue weighted by molar-refractivity contribution is 5.83. The predicted octanol–water partition coefficient (Wildman–Crippen LogP) is 3.27. The van der Waals surface area contributed by atoms with Crippen LogP contribution < -0.4 is 0 Å². The van der Waals surface area contributed by atoms with Crippen molar-refractivity contribution in [2.75, 3.05) is 19.7 Å². The summed E-state index contributed by atoms with van der Waals surface area (Å²) in [6, 6.07) is 0.501. The van der Waals surface area contributed by atoms with Crippen LogP contribution in [-0.4, -0.2) is 42.5 Å². The number of ether oxygens (including phenoxy) is 1. The molecule has 1 heterocycles. The van der Waals surface area contributed by atoms with E-state index >= 15 is 0 Å². The minimum absolute atomic E-state index is 0.188. The predicted molar refractivity (Wildman–Crippen MR) is 79.4 cm³/mol. The topological polar surface area (TPSA) is 29.5 Å². The minimum Gasteiger partial charge on any atom is -0.368 e. The first kappa shape index (κ1) is 16.6. The molecule has 0 aliphatic carbocycles. The Morgan fingerprint density at radius 2 is 2.11 bits per heavy atom. The number of hydrogen-bond donors (Lipinski definition) is 0. The van der Waals surface area contributed by atoms with Crippen LogP contribution in [0.3, 0.4) is 0 Å². The number of unbranched alkanes of at least 4 members (excludes halogenated alkanes) is 1. The van der Waals surface area contributed by atoms with Crippen molar-refractivity contribution in [1.82, 2.24) is 4.90 Å². The number of rotatable bonds is 8. The number of carbonyl (C=O) groups is 1. The van der Waals surface area contributed by atoms with E-state index in [1.165, 1.54) is 19.3 Å². The van der Waals surface area contributed by atoms with Gasteiger partial charge in [-0.2, -0.15) is 0 Å². The highest BCUT2D eigenvalue weighted by Gasteiger charge is 2.28. The molecule has 0 amide bonds. The Morgan fingerprint density at radius 3 is 2.68 bits per heavy atom. The lowest BCUT2D eigenvalue weighted by atomic mass is 9.92. The van der Waals surface area contributed by atoms with Crippen molar-refractivity contribution in [1.29, 1.82) is 0 Å². The smallest absolute Gasteiger partial charge is 0.163 e. The Balaban J connectivity index is 2.42. The lowest BCUT2D eigenvalue weighted by Crippen LogP contribution is -2.48. The van der Waals surface area contributed by atoms with E-state index < -0.39 is 0 Å². The van der Waals surface area contributed by atoms with E-state index in [1.807, 2.05) is 0 Å². The number of carbonyl (C=O) groups excluding carboxylic acids is 1. The quantitative estimate of drug-likeness (QED) is 0.677.